The molecule has 6 aromatic rings. The zero-order valence-corrected chi connectivity index (χ0v) is 56.4. The number of allylic oxidation sites excluding steroid dienone is 4. The Labute approximate surface area is 557 Å². The number of halogens is 2. The van der Waals surface area contributed by atoms with Gasteiger partial charge in [0.15, 0.2) is 0 Å². The highest BCUT2D eigenvalue weighted by atomic mass is 35.5. The third-order valence-electron chi connectivity index (χ3n) is 16.0. The summed E-state index contributed by atoms with van der Waals surface area (Å²) in [5.74, 6) is -3.92. The van der Waals surface area contributed by atoms with E-state index in [9.17, 15) is 39.4 Å². The first-order valence-corrected chi connectivity index (χ1v) is 29.9. The molecular formula is C72H86Cl2N6O13. The fraction of sp³-hybridized carbons (Fsp3) is 0.333. The highest BCUT2D eigenvalue weighted by molar-refractivity contribution is 6.01. The number of methoxy groups -OCH3 is 2. The van der Waals surface area contributed by atoms with E-state index in [0.717, 1.165) is 25.9 Å². The Morgan fingerprint density at radius 1 is 0.462 bits per heavy atom. The molecule has 0 spiro atoms. The number of nitro benzene ring substituents is 2. The minimum atomic E-state index is -0.919. The van der Waals surface area contributed by atoms with E-state index in [4.69, 9.17) is 18.9 Å². The molecule has 0 saturated carbocycles. The summed E-state index contributed by atoms with van der Waals surface area (Å²) in [6, 6.07) is 53.6. The van der Waals surface area contributed by atoms with Crippen molar-refractivity contribution >= 4 is 60.1 Å². The maximum absolute atomic E-state index is 14.0. The number of hydrogen-bond donors (Lipinski definition) is 2. The van der Waals surface area contributed by atoms with Crippen LogP contribution in [-0.2, 0) is 38.1 Å². The number of esters is 4. The van der Waals surface area contributed by atoms with Crippen molar-refractivity contribution < 1.29 is 53.4 Å². The molecule has 2 atom stereocenters. The first-order valence-electron chi connectivity index (χ1n) is 29.9. The van der Waals surface area contributed by atoms with Gasteiger partial charge in [-0.15, -0.1) is 24.8 Å². The Kier molecular flexibility index (Phi) is 28.5. The number of carbonyl (C=O) groups is 4. The summed E-state index contributed by atoms with van der Waals surface area (Å²) in [6.07, 6.45) is 1.73. The lowest BCUT2D eigenvalue weighted by molar-refractivity contribution is -0.385. The molecule has 21 heteroatoms. The number of rotatable bonds is 24. The second-order valence-electron chi connectivity index (χ2n) is 24.1. The second-order valence-corrected chi connectivity index (χ2v) is 24.1. The van der Waals surface area contributed by atoms with Crippen LogP contribution >= 0.6 is 24.8 Å². The number of dihydropyridines is 2. The molecule has 0 radical (unpaired) electrons. The summed E-state index contributed by atoms with van der Waals surface area (Å²) in [4.78, 5) is 80.3. The van der Waals surface area contributed by atoms with Crippen molar-refractivity contribution in [1.29, 1.82) is 0 Å². The highest BCUT2D eigenvalue weighted by Crippen LogP contribution is 2.43. The zero-order chi connectivity index (χ0) is 65.5. The van der Waals surface area contributed by atoms with Gasteiger partial charge in [-0.1, -0.05) is 146 Å². The molecule has 496 valence electrons. The summed E-state index contributed by atoms with van der Waals surface area (Å²) in [5.41, 5.74) is 6.49. The standard InChI is InChI=1S/2C36H41N3O6.2ClH.H2O/c2*1-24-31(34(40)44-6)33(28-18-13-19-29(22-28)39(42)43)32(25(2)37-24)35(41)45-36(3,4)23-38(5)21-20-30(26-14-9-7-10-15-26)27-16-11-8-12-17-27;;;/h2*7-19,22,30,33,37H,20-21,23H2,1-6H3;2*1H;1H2. The van der Waals surface area contributed by atoms with Crippen molar-refractivity contribution in [2.24, 2.45) is 0 Å². The summed E-state index contributed by atoms with van der Waals surface area (Å²) in [5, 5.41) is 29.4. The SMILES string of the molecule is COC(=O)C1=C(C)NC(C)=C(C(=O)OC(C)(C)CN(C)CCC(c2ccccc2)c2ccccc2)C1c1cccc([N+](=O)[O-])c1.COC(=O)C1=C(C)NC(C)=C(C(=O)OC(C)(C)CN(C)CCC(c2ccccc2)c2ccccc2)C1c1cccc([N+](=O)[O-])c1.Cl.Cl.O. The average molecular weight is 1310 g/mol. The lowest BCUT2D eigenvalue weighted by Crippen LogP contribution is -2.42. The molecule has 2 aliphatic rings. The number of non-ortho nitro benzene ring substituents is 2. The number of likely N-dealkylation sites (N-methyl/N-ethyl adjacent to an activating group) is 2. The van der Waals surface area contributed by atoms with Crippen LogP contribution in [0.3, 0.4) is 0 Å². The van der Waals surface area contributed by atoms with Crippen LogP contribution < -0.4 is 10.6 Å². The van der Waals surface area contributed by atoms with Crippen LogP contribution in [0.25, 0.3) is 0 Å². The third kappa shape index (κ3) is 20.0. The number of nitro groups is 2. The first kappa shape index (κ1) is 76.5. The summed E-state index contributed by atoms with van der Waals surface area (Å²) in [7, 11) is 6.52. The molecule has 6 aromatic carbocycles. The van der Waals surface area contributed by atoms with Gasteiger partial charge in [0, 0.05) is 72.0 Å². The summed E-state index contributed by atoms with van der Waals surface area (Å²) >= 11 is 0. The molecule has 0 aromatic heterocycles. The molecule has 2 unspecified atom stereocenters. The Bertz CT molecular complexity index is 3370. The first-order chi connectivity index (χ1) is 42.8. The topological polar surface area (TPSA) is 254 Å². The molecule has 0 bridgehead atoms. The number of ether oxygens (including phenoxy) is 4. The van der Waals surface area contributed by atoms with E-state index >= 15 is 0 Å². The van der Waals surface area contributed by atoms with Gasteiger partial charge in [0.05, 0.1) is 58.2 Å². The predicted octanol–water partition coefficient (Wildman–Crippen LogP) is 13.0. The molecule has 8 rings (SSSR count). The Balaban J connectivity index is 0.000000384. The van der Waals surface area contributed by atoms with E-state index in [2.05, 4.69) is 117 Å². The number of nitrogens with zero attached hydrogens (tertiary/aromatic N) is 4. The molecule has 2 heterocycles. The normalized spacial score (nSPS) is 14.8. The van der Waals surface area contributed by atoms with Crippen LogP contribution in [0.2, 0.25) is 0 Å². The lowest BCUT2D eigenvalue weighted by atomic mass is 9.80. The fourth-order valence-corrected chi connectivity index (χ4v) is 12.2. The van der Waals surface area contributed by atoms with Gasteiger partial charge in [-0.3, -0.25) is 20.2 Å². The predicted molar refractivity (Wildman–Crippen MR) is 365 cm³/mol. The van der Waals surface area contributed by atoms with Gasteiger partial charge in [0.25, 0.3) is 11.4 Å². The smallest absolute Gasteiger partial charge is 0.337 e. The Morgan fingerprint density at radius 3 is 0.989 bits per heavy atom. The van der Waals surface area contributed by atoms with E-state index < -0.39 is 56.8 Å². The minimum Gasteiger partial charge on any atom is -0.466 e. The van der Waals surface area contributed by atoms with Crippen molar-refractivity contribution in [1.82, 2.24) is 20.4 Å². The van der Waals surface area contributed by atoms with Crippen molar-refractivity contribution in [3.63, 3.8) is 0 Å². The van der Waals surface area contributed by atoms with Gasteiger partial charge in [-0.05, 0) is 129 Å². The zero-order valence-electron chi connectivity index (χ0n) is 54.7. The van der Waals surface area contributed by atoms with Crippen molar-refractivity contribution in [2.45, 2.75) is 103 Å². The molecule has 0 aliphatic carbocycles. The van der Waals surface area contributed by atoms with E-state index in [1.165, 1.54) is 72.9 Å². The molecular weight excluding hydrogens is 1230 g/mol. The summed E-state index contributed by atoms with van der Waals surface area (Å²) in [6.45, 7) is 16.7. The molecule has 0 saturated heterocycles. The molecule has 93 heavy (non-hydrogen) atoms. The van der Waals surface area contributed by atoms with Gasteiger partial charge in [0.1, 0.15) is 11.2 Å². The van der Waals surface area contributed by atoms with Crippen molar-refractivity contribution in [3.05, 3.63) is 269 Å². The van der Waals surface area contributed by atoms with Crippen LogP contribution in [0.4, 0.5) is 11.4 Å². The second kappa shape index (κ2) is 34.6. The van der Waals surface area contributed by atoms with Crippen LogP contribution in [0.1, 0.15) is 125 Å². The Morgan fingerprint density at radius 2 is 0.731 bits per heavy atom. The van der Waals surface area contributed by atoms with E-state index in [-0.39, 0.29) is 75.8 Å². The van der Waals surface area contributed by atoms with Crippen molar-refractivity contribution in [3.8, 4) is 0 Å². The van der Waals surface area contributed by atoms with E-state index in [1.807, 2.05) is 66.1 Å². The molecule has 2 aliphatic heterocycles. The maximum atomic E-state index is 14.0. The Hall–Kier alpha value is -8.98. The van der Waals surface area contributed by atoms with Gasteiger partial charge in [-0.2, -0.15) is 0 Å². The molecule has 0 amide bonds. The van der Waals surface area contributed by atoms with Crippen LogP contribution in [0.15, 0.2) is 215 Å². The number of benzene rings is 6. The largest absolute Gasteiger partial charge is 0.466 e. The molecule has 0 fully saturated rings. The maximum Gasteiger partial charge on any atom is 0.337 e. The molecule has 19 nitrogen and oxygen atoms in total. The average Bonchev–Trinajstić information content (AvgIpc) is 0.788. The minimum absolute atomic E-state index is 0. The van der Waals surface area contributed by atoms with E-state index in [1.54, 1.807) is 39.8 Å². The van der Waals surface area contributed by atoms with Gasteiger partial charge in [0.2, 0.25) is 0 Å². The van der Waals surface area contributed by atoms with Crippen molar-refractivity contribution in [2.75, 3.05) is 54.5 Å². The highest BCUT2D eigenvalue weighted by Gasteiger charge is 2.42. The quantitative estimate of drug-likeness (QED) is 0.0247. The number of carbonyl (C=O) groups excluding carboxylic acids is 4. The van der Waals surface area contributed by atoms with Gasteiger partial charge >= 0.3 is 23.9 Å². The van der Waals surface area contributed by atoms with Crippen LogP contribution in [0.5, 0.6) is 0 Å². The van der Waals surface area contributed by atoms with Crippen LogP contribution in [0, 0.1) is 20.2 Å². The van der Waals surface area contributed by atoms with E-state index in [0.29, 0.717) is 47.0 Å². The van der Waals surface area contributed by atoms with Gasteiger partial charge in [-0.25, -0.2) is 19.2 Å². The monoisotopic (exact) mass is 1310 g/mol. The fourth-order valence-electron chi connectivity index (χ4n) is 12.2. The third-order valence-corrected chi connectivity index (χ3v) is 16.0. The lowest BCUT2D eigenvalue weighted by Gasteiger charge is -2.34. The molecule has 4 N–H and O–H groups in total. The number of hydrogen-bond acceptors (Lipinski definition) is 16. The number of nitrogens with one attached hydrogen (secondary N) is 2. The van der Waals surface area contributed by atoms with Gasteiger partial charge < -0.3 is 44.9 Å². The summed E-state index contributed by atoms with van der Waals surface area (Å²) < 4.78 is 22.4. The van der Waals surface area contributed by atoms with Crippen LogP contribution in [-0.4, -0.2) is 115 Å².